The molecule has 0 bridgehead atoms. The van der Waals surface area contributed by atoms with Crippen LogP contribution < -0.4 is 16.0 Å². The molecule has 0 saturated heterocycles. The molecule has 0 spiro atoms. The first-order valence-electron chi connectivity index (χ1n) is 4.51. The van der Waals surface area contributed by atoms with Crippen LogP contribution in [0.4, 0.5) is 4.79 Å². The largest absolute Gasteiger partial charge is 0.359 e. The molecule has 5 nitrogen and oxygen atoms in total. The number of rotatable bonds is 6. The van der Waals surface area contributed by atoms with Crippen LogP contribution in [0.5, 0.6) is 0 Å². The van der Waals surface area contributed by atoms with E-state index in [1.165, 1.54) is 0 Å². The number of hydrogen-bond acceptors (Lipinski definition) is 2. The standard InChI is InChI=1S/C9H17N3O2/c1-8(2)6-12-9(14)11-5-3-4-10-7-13/h6-7H,3-5H2,1-2H3,(H,10,13)(H2,11,12,14). The number of nitrogens with one attached hydrogen (secondary N) is 3. The van der Waals surface area contributed by atoms with E-state index in [1.54, 1.807) is 6.20 Å². The third kappa shape index (κ3) is 8.58. The van der Waals surface area contributed by atoms with E-state index < -0.39 is 0 Å². The van der Waals surface area contributed by atoms with Crippen LogP contribution in [-0.2, 0) is 4.79 Å². The summed E-state index contributed by atoms with van der Waals surface area (Å²) in [7, 11) is 0. The number of urea groups is 1. The first-order chi connectivity index (χ1) is 6.66. The second-order valence-corrected chi connectivity index (χ2v) is 3.05. The van der Waals surface area contributed by atoms with Gasteiger partial charge in [0, 0.05) is 19.3 Å². The molecule has 0 aromatic rings. The summed E-state index contributed by atoms with van der Waals surface area (Å²) >= 11 is 0. The second kappa shape index (κ2) is 8.10. The zero-order valence-electron chi connectivity index (χ0n) is 8.59. The normalized spacial score (nSPS) is 8.71. The summed E-state index contributed by atoms with van der Waals surface area (Å²) in [5, 5.41) is 7.73. The van der Waals surface area contributed by atoms with E-state index in [0.717, 1.165) is 12.0 Å². The van der Waals surface area contributed by atoms with Crippen molar-refractivity contribution in [3.05, 3.63) is 11.8 Å². The van der Waals surface area contributed by atoms with Crippen LogP contribution >= 0.6 is 0 Å². The molecule has 0 aliphatic heterocycles. The molecule has 0 atom stereocenters. The summed E-state index contributed by atoms with van der Waals surface area (Å²) in [5.41, 5.74) is 1.03. The van der Waals surface area contributed by atoms with Crippen molar-refractivity contribution in [3.8, 4) is 0 Å². The molecule has 0 saturated carbocycles. The molecule has 0 aliphatic carbocycles. The summed E-state index contributed by atoms with van der Waals surface area (Å²) in [6.07, 6.45) is 3.00. The Hall–Kier alpha value is -1.52. The molecule has 0 aromatic heterocycles. The van der Waals surface area contributed by atoms with E-state index in [4.69, 9.17) is 0 Å². The van der Waals surface area contributed by atoms with Gasteiger partial charge in [-0.15, -0.1) is 0 Å². The van der Waals surface area contributed by atoms with E-state index in [9.17, 15) is 9.59 Å². The lowest BCUT2D eigenvalue weighted by Crippen LogP contribution is -2.34. The molecular formula is C9H17N3O2. The van der Waals surface area contributed by atoms with Crippen molar-refractivity contribution < 1.29 is 9.59 Å². The first kappa shape index (κ1) is 12.5. The predicted octanol–water partition coefficient (Wildman–Crippen LogP) is 0.345. The van der Waals surface area contributed by atoms with Gasteiger partial charge in [-0.1, -0.05) is 5.57 Å². The Morgan fingerprint density at radius 3 is 2.57 bits per heavy atom. The summed E-state index contributed by atoms with van der Waals surface area (Å²) in [5.74, 6) is 0. The lowest BCUT2D eigenvalue weighted by molar-refractivity contribution is -0.109. The molecule has 5 heteroatoms. The maximum atomic E-state index is 11.0. The molecular weight excluding hydrogens is 182 g/mol. The Balaban J connectivity index is 3.36. The average Bonchev–Trinajstić information content (AvgIpc) is 2.14. The number of carbonyl (C=O) groups excluding carboxylic acids is 2. The Morgan fingerprint density at radius 2 is 2.00 bits per heavy atom. The van der Waals surface area contributed by atoms with Gasteiger partial charge >= 0.3 is 6.03 Å². The van der Waals surface area contributed by atoms with E-state index >= 15 is 0 Å². The minimum Gasteiger partial charge on any atom is -0.359 e. The molecule has 0 fully saturated rings. The smallest absolute Gasteiger partial charge is 0.318 e. The molecule has 3 N–H and O–H groups in total. The van der Waals surface area contributed by atoms with Crippen LogP contribution in [0.1, 0.15) is 20.3 Å². The minimum absolute atomic E-state index is 0.225. The maximum absolute atomic E-state index is 11.0. The van der Waals surface area contributed by atoms with Crippen molar-refractivity contribution in [3.63, 3.8) is 0 Å². The van der Waals surface area contributed by atoms with Crippen molar-refractivity contribution >= 4 is 12.4 Å². The van der Waals surface area contributed by atoms with Crippen LogP contribution in [0.2, 0.25) is 0 Å². The highest BCUT2D eigenvalue weighted by molar-refractivity contribution is 5.74. The van der Waals surface area contributed by atoms with Crippen LogP contribution in [0, 0.1) is 0 Å². The lowest BCUT2D eigenvalue weighted by atomic mass is 10.4. The molecule has 0 rings (SSSR count). The highest BCUT2D eigenvalue weighted by Gasteiger charge is 1.94. The van der Waals surface area contributed by atoms with E-state index in [1.807, 2.05) is 13.8 Å². The van der Waals surface area contributed by atoms with E-state index in [-0.39, 0.29) is 6.03 Å². The second-order valence-electron chi connectivity index (χ2n) is 3.05. The number of carbonyl (C=O) groups is 2. The highest BCUT2D eigenvalue weighted by atomic mass is 16.2. The topological polar surface area (TPSA) is 70.2 Å². The van der Waals surface area contributed by atoms with Crippen molar-refractivity contribution in [2.75, 3.05) is 13.1 Å². The van der Waals surface area contributed by atoms with Crippen LogP contribution in [-0.4, -0.2) is 25.5 Å². The van der Waals surface area contributed by atoms with Gasteiger partial charge in [-0.05, 0) is 20.3 Å². The monoisotopic (exact) mass is 199 g/mol. The Bertz CT molecular complexity index is 210. The van der Waals surface area contributed by atoms with Gasteiger partial charge in [0.1, 0.15) is 0 Å². The molecule has 0 unspecified atom stereocenters. The van der Waals surface area contributed by atoms with Gasteiger partial charge in [0.05, 0.1) is 0 Å². The van der Waals surface area contributed by atoms with Crippen molar-refractivity contribution in [2.45, 2.75) is 20.3 Å². The Morgan fingerprint density at radius 1 is 1.29 bits per heavy atom. The van der Waals surface area contributed by atoms with Gasteiger partial charge in [-0.3, -0.25) is 4.79 Å². The van der Waals surface area contributed by atoms with Gasteiger partial charge in [0.15, 0.2) is 0 Å². The predicted molar refractivity (Wildman–Crippen MR) is 54.6 cm³/mol. The molecule has 0 aromatic carbocycles. The van der Waals surface area contributed by atoms with Crippen molar-refractivity contribution in [2.24, 2.45) is 0 Å². The van der Waals surface area contributed by atoms with Gasteiger partial charge in [-0.2, -0.15) is 0 Å². The van der Waals surface area contributed by atoms with Gasteiger partial charge in [0.25, 0.3) is 0 Å². The fourth-order valence-corrected chi connectivity index (χ4v) is 0.712. The summed E-state index contributed by atoms with van der Waals surface area (Å²) in [6, 6.07) is -0.225. The number of hydrogen-bond donors (Lipinski definition) is 3. The van der Waals surface area contributed by atoms with Gasteiger partial charge in [0.2, 0.25) is 6.41 Å². The van der Waals surface area contributed by atoms with Crippen LogP contribution in [0.25, 0.3) is 0 Å². The van der Waals surface area contributed by atoms with E-state index in [0.29, 0.717) is 19.5 Å². The molecule has 0 heterocycles. The quantitative estimate of drug-likeness (QED) is 0.426. The zero-order chi connectivity index (χ0) is 10.8. The van der Waals surface area contributed by atoms with E-state index in [2.05, 4.69) is 16.0 Å². The first-order valence-corrected chi connectivity index (χ1v) is 4.51. The van der Waals surface area contributed by atoms with Crippen molar-refractivity contribution in [1.82, 2.24) is 16.0 Å². The third-order valence-electron chi connectivity index (χ3n) is 1.36. The summed E-state index contributed by atoms with van der Waals surface area (Å²) < 4.78 is 0. The molecule has 80 valence electrons. The Kier molecular flexibility index (Phi) is 7.22. The number of allylic oxidation sites excluding steroid dienone is 1. The lowest BCUT2D eigenvalue weighted by Gasteiger charge is -2.04. The minimum atomic E-state index is -0.225. The van der Waals surface area contributed by atoms with Crippen LogP contribution in [0.15, 0.2) is 11.8 Å². The molecule has 14 heavy (non-hydrogen) atoms. The molecule has 0 radical (unpaired) electrons. The maximum Gasteiger partial charge on any atom is 0.318 e. The average molecular weight is 199 g/mol. The van der Waals surface area contributed by atoms with Gasteiger partial charge in [-0.25, -0.2) is 4.79 Å². The summed E-state index contributed by atoms with van der Waals surface area (Å²) in [6.45, 7) is 4.91. The molecule has 3 amide bonds. The fourth-order valence-electron chi connectivity index (χ4n) is 0.712. The summed E-state index contributed by atoms with van der Waals surface area (Å²) in [4.78, 5) is 20.9. The highest BCUT2D eigenvalue weighted by Crippen LogP contribution is 1.83. The van der Waals surface area contributed by atoms with Crippen LogP contribution in [0.3, 0.4) is 0 Å². The third-order valence-corrected chi connectivity index (χ3v) is 1.36. The molecule has 0 aliphatic rings. The SMILES string of the molecule is CC(C)=CNC(=O)NCCCNC=O. The Labute approximate surface area is 83.9 Å². The zero-order valence-corrected chi connectivity index (χ0v) is 8.59. The fraction of sp³-hybridized carbons (Fsp3) is 0.556. The van der Waals surface area contributed by atoms with Crippen molar-refractivity contribution in [1.29, 1.82) is 0 Å². The number of amides is 3. The van der Waals surface area contributed by atoms with Gasteiger partial charge < -0.3 is 16.0 Å².